The molecule has 1 aromatic rings. The van der Waals surface area contributed by atoms with Crippen LogP contribution in [-0.2, 0) is 20.7 Å². The van der Waals surface area contributed by atoms with Gasteiger partial charge in [0.15, 0.2) is 0 Å². The number of esters is 1. The molecule has 0 saturated carbocycles. The van der Waals surface area contributed by atoms with Crippen LogP contribution in [0.3, 0.4) is 0 Å². The summed E-state index contributed by atoms with van der Waals surface area (Å²) in [6, 6.07) is 2.01. The van der Waals surface area contributed by atoms with Crippen LogP contribution in [-0.4, -0.2) is 29.1 Å². The fourth-order valence-corrected chi connectivity index (χ4v) is 3.88. The Morgan fingerprint density at radius 3 is 3.04 bits per heavy atom. The number of aliphatic hydroxyl groups is 1. The normalized spacial score (nSPS) is 27.1. The number of hydrogen-bond donors (Lipinski definition) is 1. The van der Waals surface area contributed by atoms with Crippen molar-refractivity contribution in [3.8, 4) is 0 Å². The second kappa shape index (κ2) is 8.40. The minimum Gasteiger partial charge on any atom is -0.472 e. The molecule has 5 heteroatoms. The van der Waals surface area contributed by atoms with Gasteiger partial charge in [0.2, 0.25) is 6.29 Å². The predicted octanol–water partition coefficient (Wildman–Crippen LogP) is 4.15. The highest BCUT2D eigenvalue weighted by Crippen LogP contribution is 2.49. The highest BCUT2D eigenvalue weighted by atomic mass is 16.8. The smallest absolute Gasteiger partial charge is 0.311 e. The van der Waals surface area contributed by atoms with Crippen molar-refractivity contribution >= 4 is 5.97 Å². The van der Waals surface area contributed by atoms with Gasteiger partial charge in [0, 0.05) is 0 Å². The van der Waals surface area contributed by atoms with Gasteiger partial charge in [0.25, 0.3) is 0 Å². The molecule has 0 aromatic carbocycles. The van der Waals surface area contributed by atoms with Gasteiger partial charge in [-0.15, -0.1) is 0 Å². The Hall–Kier alpha value is -1.59. The molecule has 3 heterocycles. The quantitative estimate of drug-likeness (QED) is 0.364. The molecule has 144 valence electrons. The monoisotopic (exact) mass is 362 g/mol. The molecule has 3 rings (SSSR count). The third-order valence-electron chi connectivity index (χ3n) is 5.43. The molecule has 0 amide bonds. The maximum Gasteiger partial charge on any atom is 0.311 e. The number of furan rings is 1. The number of allylic oxidation sites excluding steroid dienone is 1. The topological polar surface area (TPSA) is 72.2 Å². The fraction of sp³-hybridized carbons (Fsp3) is 0.667. The van der Waals surface area contributed by atoms with Crippen molar-refractivity contribution in [2.75, 3.05) is 0 Å². The lowest BCUT2D eigenvalue weighted by Gasteiger charge is -2.16. The van der Waals surface area contributed by atoms with Crippen molar-refractivity contribution in [1.29, 1.82) is 0 Å². The molecule has 0 bridgehead atoms. The number of carbonyl (C=O) groups is 1. The van der Waals surface area contributed by atoms with Crippen LogP contribution in [0.15, 0.2) is 34.7 Å². The highest BCUT2D eigenvalue weighted by Gasteiger charge is 2.65. The van der Waals surface area contributed by atoms with E-state index in [0.717, 1.165) is 38.5 Å². The van der Waals surface area contributed by atoms with Gasteiger partial charge in [0.1, 0.15) is 5.60 Å². The molecule has 2 aliphatic rings. The van der Waals surface area contributed by atoms with E-state index in [1.807, 2.05) is 6.07 Å². The van der Waals surface area contributed by atoms with Crippen LogP contribution in [0.25, 0.3) is 0 Å². The molecule has 2 unspecified atom stereocenters. The van der Waals surface area contributed by atoms with Crippen LogP contribution < -0.4 is 0 Å². The number of rotatable bonds is 11. The molecular weight excluding hydrogens is 332 g/mol. The van der Waals surface area contributed by atoms with Crippen molar-refractivity contribution in [1.82, 2.24) is 0 Å². The molecule has 0 aliphatic carbocycles. The summed E-state index contributed by atoms with van der Waals surface area (Å²) in [7, 11) is 0. The van der Waals surface area contributed by atoms with E-state index in [0.29, 0.717) is 18.8 Å². The van der Waals surface area contributed by atoms with Crippen LogP contribution in [0.5, 0.6) is 0 Å². The summed E-state index contributed by atoms with van der Waals surface area (Å²) in [5.41, 5.74) is 2.09. The lowest BCUT2D eigenvalue weighted by atomic mass is 9.93. The third kappa shape index (κ3) is 5.21. The maximum absolute atomic E-state index is 11.2. The second-order valence-electron chi connectivity index (χ2n) is 7.99. The van der Waals surface area contributed by atoms with Gasteiger partial charge < -0.3 is 19.0 Å². The van der Waals surface area contributed by atoms with Crippen LogP contribution in [0.2, 0.25) is 0 Å². The molecular formula is C21H30O5. The molecule has 0 radical (unpaired) electrons. The Morgan fingerprint density at radius 1 is 1.50 bits per heavy atom. The number of carbonyl (C=O) groups excluding carboxylic acids is 1. The zero-order chi connectivity index (χ0) is 18.6. The summed E-state index contributed by atoms with van der Waals surface area (Å²) >= 11 is 0. The summed E-state index contributed by atoms with van der Waals surface area (Å²) in [4.78, 5) is 11.2. The van der Waals surface area contributed by atoms with Crippen molar-refractivity contribution < 1.29 is 23.8 Å². The minimum atomic E-state index is -0.351. The van der Waals surface area contributed by atoms with E-state index in [1.54, 1.807) is 12.5 Å². The summed E-state index contributed by atoms with van der Waals surface area (Å²) in [6.45, 7) is 4.27. The highest BCUT2D eigenvalue weighted by molar-refractivity contribution is 5.74. The molecule has 4 atom stereocenters. The number of ether oxygens (including phenoxy) is 2. The van der Waals surface area contributed by atoms with E-state index in [9.17, 15) is 9.90 Å². The average Bonchev–Trinajstić information content (AvgIpc) is 2.92. The Kier molecular flexibility index (Phi) is 6.20. The second-order valence-corrected chi connectivity index (χ2v) is 7.99. The lowest BCUT2D eigenvalue weighted by molar-refractivity contribution is -0.147. The van der Waals surface area contributed by atoms with E-state index in [-0.39, 0.29) is 24.0 Å². The first-order valence-electron chi connectivity index (χ1n) is 9.69. The van der Waals surface area contributed by atoms with E-state index in [1.165, 1.54) is 11.1 Å². The van der Waals surface area contributed by atoms with Crippen LogP contribution in [0, 0.1) is 5.92 Å². The van der Waals surface area contributed by atoms with Crippen molar-refractivity contribution in [3.05, 3.63) is 35.8 Å². The van der Waals surface area contributed by atoms with E-state index in [2.05, 4.69) is 19.9 Å². The van der Waals surface area contributed by atoms with Crippen molar-refractivity contribution in [2.24, 2.45) is 5.92 Å². The number of aliphatic hydroxyl groups excluding tert-OH is 1. The Bertz CT molecular complexity index is 620. The molecule has 2 fully saturated rings. The van der Waals surface area contributed by atoms with Crippen LogP contribution in [0.1, 0.15) is 64.4 Å². The average molecular weight is 362 g/mol. The molecule has 1 aromatic heterocycles. The Morgan fingerprint density at radius 2 is 2.35 bits per heavy atom. The van der Waals surface area contributed by atoms with Crippen LogP contribution in [0.4, 0.5) is 0 Å². The van der Waals surface area contributed by atoms with Gasteiger partial charge in [-0.3, -0.25) is 4.79 Å². The van der Waals surface area contributed by atoms with Crippen molar-refractivity contribution in [2.45, 2.75) is 83.2 Å². The van der Waals surface area contributed by atoms with Gasteiger partial charge in [0.05, 0.1) is 25.1 Å². The van der Waals surface area contributed by atoms with Crippen molar-refractivity contribution in [3.63, 3.8) is 0 Å². The standard InChI is InChI=1S/C21H30O5/c1-15(5-3-7-17-8-10-24-14-17)11-18(22)12-16(2)6-4-9-21-13-19(23)25-20(21)26-21/h6,8,10,14-15,18,20,22H,3-5,7,9,11-13H2,1-2H3/b16-6+/t15-,18-,20?,21?/m1/s1. The molecule has 0 spiro atoms. The number of epoxide rings is 1. The summed E-state index contributed by atoms with van der Waals surface area (Å²) in [5.74, 6) is 0.352. The summed E-state index contributed by atoms with van der Waals surface area (Å²) < 4.78 is 15.6. The molecule has 26 heavy (non-hydrogen) atoms. The number of aryl methyl sites for hydroxylation is 1. The molecule has 1 N–H and O–H groups in total. The zero-order valence-electron chi connectivity index (χ0n) is 15.8. The van der Waals surface area contributed by atoms with Crippen LogP contribution >= 0.6 is 0 Å². The predicted molar refractivity (Wildman–Crippen MR) is 97.4 cm³/mol. The van der Waals surface area contributed by atoms with Gasteiger partial charge >= 0.3 is 5.97 Å². The molecule has 2 saturated heterocycles. The lowest BCUT2D eigenvalue weighted by Crippen LogP contribution is -2.13. The molecule has 5 nitrogen and oxygen atoms in total. The van der Waals surface area contributed by atoms with E-state index in [4.69, 9.17) is 13.9 Å². The summed E-state index contributed by atoms with van der Waals surface area (Å²) in [5, 5.41) is 10.3. The first-order chi connectivity index (χ1) is 12.5. The van der Waals surface area contributed by atoms with E-state index < -0.39 is 0 Å². The first-order valence-corrected chi connectivity index (χ1v) is 9.69. The molecule has 2 aliphatic heterocycles. The Labute approximate surface area is 155 Å². The first kappa shape index (κ1) is 19.2. The summed E-state index contributed by atoms with van der Waals surface area (Å²) in [6.07, 6.45) is 11.9. The third-order valence-corrected chi connectivity index (χ3v) is 5.43. The Balaban J connectivity index is 1.29. The van der Waals surface area contributed by atoms with Gasteiger partial charge in [-0.1, -0.05) is 25.0 Å². The zero-order valence-corrected chi connectivity index (χ0v) is 15.8. The van der Waals surface area contributed by atoms with E-state index >= 15 is 0 Å². The SMILES string of the molecule is C/C(=C\CCC12CC(=O)OC1O2)C[C@H](O)C[C@H](C)CCCc1ccoc1. The largest absolute Gasteiger partial charge is 0.472 e. The minimum absolute atomic E-state index is 0.154. The van der Waals surface area contributed by atoms with Gasteiger partial charge in [-0.2, -0.15) is 0 Å². The van der Waals surface area contributed by atoms with Gasteiger partial charge in [-0.25, -0.2) is 0 Å². The fourth-order valence-electron chi connectivity index (χ4n) is 3.88. The number of hydrogen-bond acceptors (Lipinski definition) is 5. The number of fused-ring (bicyclic) bond motifs is 1. The maximum atomic E-state index is 11.2. The van der Waals surface area contributed by atoms with Gasteiger partial charge in [-0.05, 0) is 63.0 Å².